The summed E-state index contributed by atoms with van der Waals surface area (Å²) in [6.45, 7) is 11.3. The van der Waals surface area contributed by atoms with E-state index >= 15 is 0 Å². The van der Waals surface area contributed by atoms with Gasteiger partial charge in [-0.1, -0.05) is 74.5 Å². The van der Waals surface area contributed by atoms with Gasteiger partial charge in [-0.15, -0.1) is 11.3 Å². The van der Waals surface area contributed by atoms with Crippen molar-refractivity contribution in [3.05, 3.63) is 93.7 Å². The Morgan fingerprint density at radius 1 is 0.940 bits per heavy atom. The Morgan fingerprint density at radius 2 is 1.66 bits per heavy atom. The van der Waals surface area contributed by atoms with Crippen LogP contribution in [0.15, 0.2) is 78.4 Å². The predicted molar refractivity (Wildman–Crippen MR) is 200 cm³/mol. The van der Waals surface area contributed by atoms with E-state index in [1.165, 1.54) is 0 Å². The third-order valence-corrected chi connectivity index (χ3v) is 15.3. The van der Waals surface area contributed by atoms with Gasteiger partial charge in [-0.3, -0.25) is 4.79 Å². The molecule has 9 rings (SSSR count). The van der Waals surface area contributed by atoms with Gasteiger partial charge >= 0.3 is 6.03 Å². The van der Waals surface area contributed by atoms with Crippen LogP contribution in [0.3, 0.4) is 0 Å². The molecule has 6 nitrogen and oxygen atoms in total. The van der Waals surface area contributed by atoms with Gasteiger partial charge in [0.05, 0.1) is 23.1 Å². The third kappa shape index (κ3) is 4.71. The van der Waals surface area contributed by atoms with E-state index in [1.807, 2.05) is 56.0 Å². The number of ketones is 1. The molecular weight excluding hydrogens is 641 g/mol. The number of nitrogens with one attached hydrogen (secondary N) is 1. The summed E-state index contributed by atoms with van der Waals surface area (Å²) in [6, 6.07) is 18.3. The number of aliphatic hydroxyl groups is 2. The van der Waals surface area contributed by atoms with Crippen LogP contribution in [0.1, 0.15) is 92.8 Å². The molecule has 3 N–H and O–H groups in total. The van der Waals surface area contributed by atoms with Crippen molar-refractivity contribution in [2.24, 2.45) is 33.5 Å². The molecule has 2 spiro atoms. The second-order valence-corrected chi connectivity index (χ2v) is 18.4. The van der Waals surface area contributed by atoms with Crippen LogP contribution in [0, 0.1) is 40.4 Å². The number of amides is 2. The maximum Gasteiger partial charge on any atom is 0.317 e. The van der Waals surface area contributed by atoms with Crippen LogP contribution < -0.4 is 5.32 Å². The number of carbonyl (C=O) groups excluding carboxylic acids is 2. The first-order chi connectivity index (χ1) is 23.8. The van der Waals surface area contributed by atoms with Gasteiger partial charge in [0.15, 0.2) is 5.78 Å². The van der Waals surface area contributed by atoms with Crippen LogP contribution in [0.2, 0.25) is 0 Å². The zero-order valence-electron chi connectivity index (χ0n) is 30.2. The second kappa shape index (κ2) is 11.6. The van der Waals surface area contributed by atoms with Crippen LogP contribution in [0.4, 0.5) is 4.79 Å². The highest BCUT2D eigenvalue weighted by Gasteiger charge is 2.74. The zero-order valence-corrected chi connectivity index (χ0v) is 31.0. The fourth-order valence-corrected chi connectivity index (χ4v) is 12.6. The topological polar surface area (TPSA) is 89.9 Å². The molecule has 264 valence electrons. The lowest BCUT2D eigenvalue weighted by molar-refractivity contribution is -0.174. The van der Waals surface area contributed by atoms with E-state index in [-0.39, 0.29) is 53.2 Å². The highest BCUT2D eigenvalue weighted by atomic mass is 32.1. The summed E-state index contributed by atoms with van der Waals surface area (Å²) in [5.74, 6) is 0.363. The van der Waals surface area contributed by atoms with Crippen molar-refractivity contribution in [1.82, 2.24) is 10.2 Å². The molecule has 3 aromatic rings. The number of fused-ring (bicyclic) bond motifs is 2. The number of nitrogens with zero attached hydrogens (tertiary/aromatic N) is 1. The van der Waals surface area contributed by atoms with E-state index in [9.17, 15) is 19.8 Å². The smallest absolute Gasteiger partial charge is 0.317 e. The highest BCUT2D eigenvalue weighted by molar-refractivity contribution is 7.14. The molecule has 0 radical (unpaired) electrons. The van der Waals surface area contributed by atoms with Gasteiger partial charge < -0.3 is 20.4 Å². The molecule has 1 unspecified atom stereocenters. The number of allylic oxidation sites excluding steroid dienone is 4. The summed E-state index contributed by atoms with van der Waals surface area (Å²) in [5, 5.41) is 29.5. The van der Waals surface area contributed by atoms with Crippen molar-refractivity contribution < 1.29 is 19.8 Å². The number of Topliss-reactive ketones (excluding diaryl/α,β-unsaturated/α-hetero) is 1. The molecule has 1 aromatic heterocycles. The molecule has 3 fully saturated rings. The molecule has 3 saturated carbocycles. The molecular formula is C43H52N2O4S. The number of rotatable bonds is 7. The molecule has 50 heavy (non-hydrogen) atoms. The number of benzene rings is 2. The van der Waals surface area contributed by atoms with E-state index in [2.05, 4.69) is 61.7 Å². The lowest BCUT2D eigenvalue weighted by Crippen LogP contribution is -2.67. The summed E-state index contributed by atoms with van der Waals surface area (Å²) in [5.41, 5.74) is -0.712. The molecule has 8 atom stereocenters. The fraction of sp³-hybridized carbons (Fsp3) is 0.535. The van der Waals surface area contributed by atoms with Crippen LogP contribution in [-0.4, -0.2) is 51.2 Å². The Bertz CT molecular complexity index is 1920. The number of thiophene rings is 1. The maximum atomic E-state index is 14.8. The van der Waals surface area contributed by atoms with Crippen LogP contribution in [0.25, 0.3) is 10.8 Å². The van der Waals surface area contributed by atoms with E-state index in [4.69, 9.17) is 0 Å². The van der Waals surface area contributed by atoms with Crippen LogP contribution in [0.5, 0.6) is 0 Å². The fourth-order valence-electron chi connectivity index (χ4n) is 11.8. The average Bonchev–Trinajstić information content (AvgIpc) is 3.63. The Kier molecular flexibility index (Phi) is 7.87. The van der Waals surface area contributed by atoms with Gasteiger partial charge in [0.2, 0.25) is 0 Å². The molecule has 1 heterocycles. The number of carbonyl (C=O) groups is 2. The molecule has 6 aliphatic rings. The Labute approximate surface area is 300 Å². The first kappa shape index (κ1) is 33.9. The molecule has 6 aliphatic carbocycles. The standard InChI is InChI=1S/C43H52N2O4S/c1-27(2)44-38(48)45(25-30-11-8-10-29-9-6-7-12-32(29)30)26-42(49)20-17-36-40(42,5)19-16-35-39(4)18-15-31(46)23-41(39)21-22-43(35,36)33(24-41)37(47)34-14-13-28(3)50-34/h6-14,21-22,24,27,31,35-36,46,49H,15-20,23,25-26H2,1-5H3,(H,44,48)/t31?,35-,36-,39-,40+,41+,42-,43-/m1/s1. The Morgan fingerprint density at radius 3 is 2.42 bits per heavy atom. The van der Waals surface area contributed by atoms with Crippen LogP contribution >= 0.6 is 11.3 Å². The molecule has 0 saturated heterocycles. The minimum absolute atomic E-state index is 0.0285. The van der Waals surface area contributed by atoms with Gasteiger partial charge in [-0.25, -0.2) is 4.79 Å². The summed E-state index contributed by atoms with van der Waals surface area (Å²) >= 11 is 1.56. The Hall–Kier alpha value is -3.26. The van der Waals surface area contributed by atoms with Crippen molar-refractivity contribution in [3.8, 4) is 0 Å². The molecule has 2 amide bonds. The van der Waals surface area contributed by atoms with Crippen molar-refractivity contribution in [2.45, 2.75) is 104 Å². The lowest BCUT2D eigenvalue weighted by Gasteiger charge is -2.71. The zero-order chi connectivity index (χ0) is 35.3. The summed E-state index contributed by atoms with van der Waals surface area (Å²) in [7, 11) is 0. The third-order valence-electron chi connectivity index (χ3n) is 14.3. The normalized spacial score (nSPS) is 36.9. The minimum Gasteiger partial charge on any atom is -0.393 e. The minimum atomic E-state index is -1.15. The molecule has 2 aromatic carbocycles. The summed E-state index contributed by atoms with van der Waals surface area (Å²) in [4.78, 5) is 32.5. The Balaban J connectivity index is 1.20. The van der Waals surface area contributed by atoms with E-state index in [0.717, 1.165) is 63.8 Å². The van der Waals surface area contributed by atoms with Crippen molar-refractivity contribution in [1.29, 1.82) is 0 Å². The van der Waals surface area contributed by atoms with Crippen molar-refractivity contribution >= 4 is 33.9 Å². The van der Waals surface area contributed by atoms with Gasteiger partial charge in [0.25, 0.3) is 0 Å². The van der Waals surface area contributed by atoms with Gasteiger partial charge in [-0.05, 0) is 111 Å². The van der Waals surface area contributed by atoms with E-state index in [1.54, 1.807) is 11.3 Å². The average molecular weight is 693 g/mol. The molecule has 7 heteroatoms. The predicted octanol–water partition coefficient (Wildman–Crippen LogP) is 8.60. The number of aryl methyl sites for hydroxylation is 1. The summed E-state index contributed by atoms with van der Waals surface area (Å²) < 4.78 is 0. The molecule has 0 aliphatic heterocycles. The first-order valence-electron chi connectivity index (χ1n) is 18.7. The first-order valence-corrected chi connectivity index (χ1v) is 19.5. The largest absolute Gasteiger partial charge is 0.393 e. The summed E-state index contributed by atoms with van der Waals surface area (Å²) in [6.07, 6.45) is 12.0. The second-order valence-electron chi connectivity index (χ2n) is 17.1. The SMILES string of the molecule is Cc1ccc(C(=O)C2=C[C@@]34C=C[C@@]25[C@@H]2CC[C@@](O)(CN(Cc6cccc7ccccc67)C(=O)NC(C)C)[C@@]2(C)CC[C@@H]5[C@@]3(C)CCC(O)C4)s1. The number of hydrogen-bond acceptors (Lipinski definition) is 5. The quantitative estimate of drug-likeness (QED) is 0.171. The van der Waals surface area contributed by atoms with Crippen LogP contribution in [-0.2, 0) is 6.54 Å². The number of aliphatic hydroxyl groups excluding tert-OH is 1. The van der Waals surface area contributed by atoms with Gasteiger partial charge in [0.1, 0.15) is 0 Å². The van der Waals surface area contributed by atoms with E-state index < -0.39 is 16.4 Å². The number of urea groups is 1. The van der Waals surface area contributed by atoms with Crippen molar-refractivity contribution in [3.63, 3.8) is 0 Å². The number of hydrogen-bond donors (Lipinski definition) is 3. The monoisotopic (exact) mass is 692 g/mol. The highest BCUT2D eigenvalue weighted by Crippen LogP contribution is 2.78. The molecule has 2 bridgehead atoms. The van der Waals surface area contributed by atoms with Gasteiger partial charge in [0, 0.05) is 39.3 Å². The lowest BCUT2D eigenvalue weighted by atomic mass is 9.32. The van der Waals surface area contributed by atoms with E-state index in [0.29, 0.717) is 19.4 Å². The van der Waals surface area contributed by atoms with Crippen molar-refractivity contribution in [2.75, 3.05) is 6.54 Å². The maximum absolute atomic E-state index is 14.8. The van der Waals surface area contributed by atoms with Gasteiger partial charge in [-0.2, -0.15) is 0 Å².